The highest BCUT2D eigenvalue weighted by atomic mass is 16.7. The fourth-order valence-corrected chi connectivity index (χ4v) is 6.36. The normalized spacial score (nSPS) is 24.1. The van der Waals surface area contributed by atoms with Crippen molar-refractivity contribution in [1.29, 1.82) is 0 Å². The van der Waals surface area contributed by atoms with Crippen LogP contribution in [0.25, 0.3) is 0 Å². The fraction of sp³-hybridized carbons (Fsp3) is 0.923. The van der Waals surface area contributed by atoms with Crippen LogP contribution in [0.3, 0.4) is 0 Å². The van der Waals surface area contributed by atoms with Crippen LogP contribution in [0, 0.1) is 11.8 Å². The first-order valence-corrected chi connectivity index (χ1v) is 19.7. The Hall–Kier alpha value is -0.910. The van der Waals surface area contributed by atoms with Crippen LogP contribution in [0.15, 0.2) is 12.2 Å². The monoisotopic (exact) mass is 687 g/mol. The van der Waals surface area contributed by atoms with Crippen LogP contribution < -0.4 is 0 Å². The summed E-state index contributed by atoms with van der Waals surface area (Å²) in [6.45, 7) is 5.81. The Morgan fingerprint density at radius 1 is 0.729 bits per heavy atom. The predicted octanol–water partition coefficient (Wildman–Crippen LogP) is 6.52. The van der Waals surface area contributed by atoms with Gasteiger partial charge >= 0.3 is 0 Å². The molecule has 0 aromatic heterocycles. The molecular formula is C39H74O9. The molecule has 0 amide bonds. The number of hydrogen-bond donors (Lipinski definition) is 6. The van der Waals surface area contributed by atoms with Crippen molar-refractivity contribution in [3.63, 3.8) is 0 Å². The molecule has 0 aromatic rings. The van der Waals surface area contributed by atoms with Crippen LogP contribution in [-0.2, 0) is 14.3 Å². The van der Waals surface area contributed by atoms with E-state index in [4.69, 9.17) is 9.47 Å². The summed E-state index contributed by atoms with van der Waals surface area (Å²) >= 11 is 0. The summed E-state index contributed by atoms with van der Waals surface area (Å²) in [6, 6.07) is 0. The lowest BCUT2D eigenvalue weighted by atomic mass is 9.91. The number of ketones is 1. The Kier molecular flexibility index (Phi) is 27.0. The van der Waals surface area contributed by atoms with E-state index < -0.39 is 61.2 Å². The highest BCUT2D eigenvalue weighted by Gasteiger charge is 2.44. The van der Waals surface area contributed by atoms with E-state index in [1.807, 2.05) is 6.08 Å². The van der Waals surface area contributed by atoms with Crippen LogP contribution in [0.2, 0.25) is 0 Å². The third-order valence-electron chi connectivity index (χ3n) is 10.1. The van der Waals surface area contributed by atoms with Crippen molar-refractivity contribution in [3.05, 3.63) is 12.2 Å². The van der Waals surface area contributed by atoms with Gasteiger partial charge in [0.1, 0.15) is 30.5 Å². The zero-order chi connectivity index (χ0) is 35.6. The van der Waals surface area contributed by atoms with Gasteiger partial charge in [0.2, 0.25) is 0 Å². The van der Waals surface area contributed by atoms with Crippen molar-refractivity contribution in [2.24, 2.45) is 11.8 Å². The van der Waals surface area contributed by atoms with Crippen molar-refractivity contribution in [1.82, 2.24) is 0 Å². The number of allylic oxidation sites excluding steroid dienone is 1. The number of hydrogen-bond acceptors (Lipinski definition) is 9. The third kappa shape index (κ3) is 19.5. The molecule has 9 heteroatoms. The quantitative estimate of drug-likeness (QED) is 0.0353. The lowest BCUT2D eigenvalue weighted by Crippen LogP contribution is -2.59. The summed E-state index contributed by atoms with van der Waals surface area (Å²) in [5, 5.41) is 61.9. The molecule has 1 aliphatic rings. The molecule has 284 valence electrons. The van der Waals surface area contributed by atoms with E-state index in [-0.39, 0.29) is 6.61 Å². The second-order valence-electron chi connectivity index (χ2n) is 14.4. The van der Waals surface area contributed by atoms with Gasteiger partial charge in [0, 0.05) is 0 Å². The maximum Gasteiger partial charge on any atom is 0.186 e. The van der Waals surface area contributed by atoms with Crippen molar-refractivity contribution in [2.45, 2.75) is 205 Å². The summed E-state index contributed by atoms with van der Waals surface area (Å²) in [4.78, 5) is 13.4. The SMILES string of the molecule is CCCCCCCCCCCCC[C@@H](O)C(=O)[C@@H](CO[C@@H]1O[C@H](CO)[C@H](O)[C@H](O)[C@H]1O)[C@H](O)/C=C/CCCCCCCCCC(C)CC. The third-order valence-corrected chi connectivity index (χ3v) is 10.1. The van der Waals surface area contributed by atoms with Crippen LogP contribution in [0.4, 0.5) is 0 Å². The molecule has 0 aliphatic carbocycles. The Labute approximate surface area is 292 Å². The molecule has 1 fully saturated rings. The van der Waals surface area contributed by atoms with Crippen LogP contribution in [-0.4, -0.2) is 92.5 Å². The van der Waals surface area contributed by atoms with Gasteiger partial charge < -0.3 is 40.1 Å². The number of Topliss-reactive ketones (excluding diaryl/α,β-unsaturated/α-hetero) is 1. The van der Waals surface area contributed by atoms with Crippen molar-refractivity contribution >= 4 is 5.78 Å². The van der Waals surface area contributed by atoms with Gasteiger partial charge in [0.15, 0.2) is 12.1 Å². The minimum absolute atomic E-state index is 0.292. The minimum atomic E-state index is -1.62. The van der Waals surface area contributed by atoms with Gasteiger partial charge in [0.05, 0.1) is 25.2 Å². The summed E-state index contributed by atoms with van der Waals surface area (Å²) in [7, 11) is 0. The molecular weight excluding hydrogens is 612 g/mol. The molecule has 9 nitrogen and oxygen atoms in total. The zero-order valence-corrected chi connectivity index (χ0v) is 30.7. The molecule has 1 aliphatic heterocycles. The number of ether oxygens (including phenoxy) is 2. The van der Waals surface area contributed by atoms with Crippen LogP contribution >= 0.6 is 0 Å². The minimum Gasteiger partial charge on any atom is -0.394 e. The van der Waals surface area contributed by atoms with Gasteiger partial charge in [-0.25, -0.2) is 0 Å². The number of carbonyl (C=O) groups is 1. The molecule has 6 N–H and O–H groups in total. The molecule has 0 bridgehead atoms. The molecule has 0 spiro atoms. The smallest absolute Gasteiger partial charge is 0.186 e. The Balaban J connectivity index is 2.56. The maximum absolute atomic E-state index is 13.4. The van der Waals surface area contributed by atoms with Gasteiger partial charge in [-0.3, -0.25) is 4.79 Å². The van der Waals surface area contributed by atoms with Crippen LogP contribution in [0.1, 0.15) is 162 Å². The number of aliphatic hydroxyl groups is 6. The standard InChI is InChI=1S/C39H74O9/c1-4-6-7-8-9-10-11-14-18-21-24-27-33(42)35(43)31(29-47-39-38(46)37(45)36(44)34(28-40)48-39)32(41)26-23-20-17-15-12-13-16-19-22-25-30(3)5-2/h23,26,30-34,36-42,44-46H,4-22,24-25,27-29H2,1-3H3/b26-23+/t30?,31-,32+,33+,34+,36-,37-,38+,39+/m0/s1. The molecule has 1 heterocycles. The first kappa shape index (κ1) is 45.1. The molecule has 48 heavy (non-hydrogen) atoms. The lowest BCUT2D eigenvalue weighted by molar-refractivity contribution is -0.303. The second-order valence-corrected chi connectivity index (χ2v) is 14.4. The van der Waals surface area contributed by atoms with E-state index in [0.717, 1.165) is 44.4 Å². The predicted molar refractivity (Wildman–Crippen MR) is 191 cm³/mol. The Bertz CT molecular complexity index is 791. The Morgan fingerprint density at radius 2 is 1.25 bits per heavy atom. The second kappa shape index (κ2) is 28.8. The highest BCUT2D eigenvalue weighted by molar-refractivity contribution is 5.86. The summed E-state index contributed by atoms with van der Waals surface area (Å²) in [5.41, 5.74) is 0. The van der Waals surface area contributed by atoms with Gasteiger partial charge in [-0.1, -0.05) is 155 Å². The van der Waals surface area contributed by atoms with E-state index in [1.54, 1.807) is 6.08 Å². The molecule has 9 atom stereocenters. The average Bonchev–Trinajstić information content (AvgIpc) is 3.08. The molecule has 1 saturated heterocycles. The lowest BCUT2D eigenvalue weighted by Gasteiger charge is -2.40. The van der Waals surface area contributed by atoms with Gasteiger partial charge in [0.25, 0.3) is 0 Å². The van der Waals surface area contributed by atoms with E-state index in [0.29, 0.717) is 12.8 Å². The summed E-state index contributed by atoms with van der Waals surface area (Å²) in [5.74, 6) is -0.845. The first-order chi connectivity index (χ1) is 23.2. The first-order valence-electron chi connectivity index (χ1n) is 19.7. The van der Waals surface area contributed by atoms with Crippen molar-refractivity contribution in [3.8, 4) is 0 Å². The summed E-state index contributed by atoms with van der Waals surface area (Å²) < 4.78 is 11.1. The topological polar surface area (TPSA) is 157 Å². The number of aliphatic hydroxyl groups excluding tert-OH is 6. The van der Waals surface area contributed by atoms with Gasteiger partial charge in [-0.15, -0.1) is 0 Å². The summed E-state index contributed by atoms with van der Waals surface area (Å²) in [6.07, 6.45) is 18.4. The van der Waals surface area contributed by atoms with E-state index in [1.165, 1.54) is 89.9 Å². The molecule has 0 radical (unpaired) electrons. The van der Waals surface area contributed by atoms with E-state index in [9.17, 15) is 35.4 Å². The van der Waals surface area contributed by atoms with E-state index >= 15 is 0 Å². The van der Waals surface area contributed by atoms with Crippen molar-refractivity contribution in [2.75, 3.05) is 13.2 Å². The molecule has 1 unspecified atom stereocenters. The van der Waals surface area contributed by atoms with E-state index in [2.05, 4.69) is 20.8 Å². The number of rotatable bonds is 31. The van der Waals surface area contributed by atoms with Crippen LogP contribution in [0.5, 0.6) is 0 Å². The largest absolute Gasteiger partial charge is 0.394 e. The maximum atomic E-state index is 13.4. The molecule has 1 rings (SSSR count). The fourth-order valence-electron chi connectivity index (χ4n) is 6.36. The average molecular weight is 687 g/mol. The molecule has 0 saturated carbocycles. The van der Waals surface area contributed by atoms with Crippen molar-refractivity contribution < 1.29 is 44.9 Å². The zero-order valence-electron chi connectivity index (χ0n) is 30.7. The van der Waals surface area contributed by atoms with Gasteiger partial charge in [-0.2, -0.15) is 0 Å². The molecule has 0 aromatic carbocycles. The van der Waals surface area contributed by atoms with Gasteiger partial charge in [-0.05, 0) is 25.2 Å². The highest BCUT2D eigenvalue weighted by Crippen LogP contribution is 2.24. The Morgan fingerprint density at radius 3 is 1.79 bits per heavy atom. The number of unbranched alkanes of at least 4 members (excludes halogenated alkanes) is 17. The number of carbonyl (C=O) groups excluding carboxylic acids is 1.